The Morgan fingerprint density at radius 1 is 1.04 bits per heavy atom. The van der Waals surface area contributed by atoms with Gasteiger partial charge in [-0.2, -0.15) is 5.10 Å². The van der Waals surface area contributed by atoms with E-state index in [4.69, 9.17) is 35.4 Å². The molecule has 0 amide bonds. The highest BCUT2D eigenvalue weighted by atomic mass is 35.5. The molecular formula is C17H14Cl2N4S. The maximum Gasteiger partial charge on any atom is 0.176 e. The van der Waals surface area contributed by atoms with Crippen molar-refractivity contribution in [2.45, 2.75) is 6.92 Å². The zero-order chi connectivity index (χ0) is 17.1. The van der Waals surface area contributed by atoms with Crippen LogP contribution in [0.25, 0.3) is 11.1 Å². The summed E-state index contributed by atoms with van der Waals surface area (Å²) in [5.74, 6) is 0.648. The first-order valence-corrected chi connectivity index (χ1v) is 8.34. The van der Waals surface area contributed by atoms with Crippen LogP contribution in [0.5, 0.6) is 0 Å². The van der Waals surface area contributed by atoms with Crippen molar-refractivity contribution < 1.29 is 0 Å². The van der Waals surface area contributed by atoms with Gasteiger partial charge in [0.25, 0.3) is 0 Å². The minimum atomic E-state index is 0.430. The number of aromatic nitrogens is 2. The van der Waals surface area contributed by atoms with Crippen molar-refractivity contribution in [2.75, 3.05) is 10.6 Å². The Kier molecular flexibility index (Phi) is 5.04. The van der Waals surface area contributed by atoms with E-state index in [0.29, 0.717) is 21.0 Å². The number of thiocarbonyl (C=S) groups is 1. The molecule has 0 bridgehead atoms. The first-order valence-electron chi connectivity index (χ1n) is 7.17. The number of halogens is 2. The smallest absolute Gasteiger partial charge is 0.176 e. The fraction of sp³-hybridized carbons (Fsp3) is 0.0588. The second-order valence-corrected chi connectivity index (χ2v) is 6.45. The van der Waals surface area contributed by atoms with Crippen molar-refractivity contribution in [2.24, 2.45) is 0 Å². The van der Waals surface area contributed by atoms with Gasteiger partial charge in [-0.3, -0.25) is 5.10 Å². The Morgan fingerprint density at radius 2 is 1.79 bits per heavy atom. The fourth-order valence-electron chi connectivity index (χ4n) is 2.33. The minimum Gasteiger partial charge on any atom is -0.332 e. The molecule has 0 spiro atoms. The van der Waals surface area contributed by atoms with Crippen molar-refractivity contribution in [3.05, 3.63) is 64.3 Å². The van der Waals surface area contributed by atoms with Crippen molar-refractivity contribution in [3.63, 3.8) is 0 Å². The van der Waals surface area contributed by atoms with Gasteiger partial charge in [0.15, 0.2) is 10.9 Å². The van der Waals surface area contributed by atoms with E-state index in [1.165, 1.54) is 0 Å². The van der Waals surface area contributed by atoms with Gasteiger partial charge in [0.2, 0.25) is 0 Å². The standard InChI is InChI=1S/C17H14Cl2N4S/c1-10-15(11-5-7-12(18)8-6-11)16(23-22-10)21-17(24)20-14-4-2-3-13(19)9-14/h2-9H,1H3,(H3,20,21,22,23,24). The average molecular weight is 377 g/mol. The van der Waals surface area contributed by atoms with Gasteiger partial charge in [-0.05, 0) is 55.0 Å². The van der Waals surface area contributed by atoms with Gasteiger partial charge < -0.3 is 10.6 Å². The van der Waals surface area contributed by atoms with E-state index < -0.39 is 0 Å². The van der Waals surface area contributed by atoms with Crippen LogP contribution >= 0.6 is 35.4 Å². The highest BCUT2D eigenvalue weighted by Gasteiger charge is 2.13. The van der Waals surface area contributed by atoms with Gasteiger partial charge in [-0.25, -0.2) is 0 Å². The number of H-pyrrole nitrogens is 1. The highest BCUT2D eigenvalue weighted by Crippen LogP contribution is 2.30. The Labute approximate surface area is 155 Å². The van der Waals surface area contributed by atoms with Crippen molar-refractivity contribution in [3.8, 4) is 11.1 Å². The number of anilines is 2. The summed E-state index contributed by atoms with van der Waals surface area (Å²) in [7, 11) is 0. The summed E-state index contributed by atoms with van der Waals surface area (Å²) in [6.07, 6.45) is 0. The zero-order valence-corrected chi connectivity index (χ0v) is 15.1. The lowest BCUT2D eigenvalue weighted by atomic mass is 10.1. The third kappa shape index (κ3) is 3.87. The van der Waals surface area contributed by atoms with Gasteiger partial charge in [-0.15, -0.1) is 0 Å². The Bertz CT molecular complexity index is 875. The van der Waals surface area contributed by atoms with E-state index in [0.717, 1.165) is 22.5 Å². The Balaban J connectivity index is 1.80. The molecule has 2 aromatic carbocycles. The predicted molar refractivity (Wildman–Crippen MR) is 105 cm³/mol. The first kappa shape index (κ1) is 16.8. The first-order chi connectivity index (χ1) is 11.5. The molecule has 7 heteroatoms. The molecule has 4 nitrogen and oxygen atoms in total. The van der Waals surface area contributed by atoms with Crippen LogP contribution in [0.15, 0.2) is 48.5 Å². The highest BCUT2D eigenvalue weighted by molar-refractivity contribution is 7.80. The molecule has 0 saturated heterocycles. The maximum absolute atomic E-state index is 5.98. The zero-order valence-electron chi connectivity index (χ0n) is 12.7. The Morgan fingerprint density at radius 3 is 2.50 bits per heavy atom. The summed E-state index contributed by atoms with van der Waals surface area (Å²) < 4.78 is 0. The summed E-state index contributed by atoms with van der Waals surface area (Å²) in [6, 6.07) is 14.9. The van der Waals surface area contributed by atoms with E-state index >= 15 is 0 Å². The summed E-state index contributed by atoms with van der Waals surface area (Å²) in [6.45, 7) is 1.95. The predicted octanol–water partition coefficient (Wildman–Crippen LogP) is 5.50. The summed E-state index contributed by atoms with van der Waals surface area (Å²) in [5, 5.41) is 15.2. The number of aryl methyl sites for hydroxylation is 1. The van der Waals surface area contributed by atoms with E-state index in [9.17, 15) is 0 Å². The van der Waals surface area contributed by atoms with Crippen LogP contribution in [0, 0.1) is 6.92 Å². The third-order valence-electron chi connectivity index (χ3n) is 3.39. The molecule has 3 N–H and O–H groups in total. The molecule has 0 atom stereocenters. The van der Waals surface area contributed by atoms with Crippen LogP contribution in [-0.4, -0.2) is 15.3 Å². The molecule has 122 valence electrons. The number of nitrogens with one attached hydrogen (secondary N) is 3. The number of rotatable bonds is 3. The second-order valence-electron chi connectivity index (χ2n) is 5.17. The van der Waals surface area contributed by atoms with Gasteiger partial charge in [0.1, 0.15) is 0 Å². The molecule has 24 heavy (non-hydrogen) atoms. The molecule has 3 rings (SSSR count). The molecular weight excluding hydrogens is 363 g/mol. The van der Waals surface area contributed by atoms with Crippen LogP contribution in [0.2, 0.25) is 10.0 Å². The lowest BCUT2D eigenvalue weighted by Gasteiger charge is -2.11. The SMILES string of the molecule is Cc1[nH]nc(NC(=S)Nc2cccc(Cl)c2)c1-c1ccc(Cl)cc1. The monoisotopic (exact) mass is 376 g/mol. The number of aromatic amines is 1. The third-order valence-corrected chi connectivity index (χ3v) is 4.09. The summed E-state index contributed by atoms with van der Waals surface area (Å²) in [4.78, 5) is 0. The molecule has 0 fully saturated rings. The van der Waals surface area contributed by atoms with E-state index in [-0.39, 0.29) is 0 Å². The number of benzene rings is 2. The molecule has 0 aliphatic rings. The summed E-state index contributed by atoms with van der Waals surface area (Å²) >= 11 is 17.3. The number of nitrogens with zero attached hydrogens (tertiary/aromatic N) is 1. The molecule has 0 unspecified atom stereocenters. The molecule has 1 heterocycles. The number of hydrogen-bond acceptors (Lipinski definition) is 2. The molecule has 0 saturated carbocycles. The van der Waals surface area contributed by atoms with E-state index in [2.05, 4.69) is 20.8 Å². The normalized spacial score (nSPS) is 10.5. The lowest BCUT2D eigenvalue weighted by Crippen LogP contribution is -2.19. The van der Waals surface area contributed by atoms with Crippen molar-refractivity contribution in [1.82, 2.24) is 10.2 Å². The van der Waals surface area contributed by atoms with Gasteiger partial charge in [0.05, 0.1) is 0 Å². The molecule has 0 aliphatic carbocycles. The topological polar surface area (TPSA) is 52.7 Å². The van der Waals surface area contributed by atoms with Gasteiger partial charge in [0, 0.05) is 27.0 Å². The largest absolute Gasteiger partial charge is 0.332 e. The molecule has 0 radical (unpaired) electrons. The quantitative estimate of drug-likeness (QED) is 0.528. The van der Waals surface area contributed by atoms with Crippen LogP contribution in [0.4, 0.5) is 11.5 Å². The molecule has 3 aromatic rings. The maximum atomic E-state index is 5.98. The fourth-order valence-corrected chi connectivity index (χ4v) is 2.86. The molecule has 0 aliphatic heterocycles. The molecule has 1 aromatic heterocycles. The van der Waals surface area contributed by atoms with E-state index in [1.807, 2.05) is 43.3 Å². The van der Waals surface area contributed by atoms with E-state index in [1.54, 1.807) is 12.1 Å². The van der Waals surface area contributed by atoms with Crippen molar-refractivity contribution in [1.29, 1.82) is 0 Å². The van der Waals surface area contributed by atoms with Gasteiger partial charge >= 0.3 is 0 Å². The summed E-state index contributed by atoms with van der Waals surface area (Å²) in [5.41, 5.74) is 3.69. The number of hydrogen-bond donors (Lipinski definition) is 3. The second kappa shape index (κ2) is 7.21. The minimum absolute atomic E-state index is 0.430. The average Bonchev–Trinajstić information content (AvgIpc) is 2.89. The van der Waals surface area contributed by atoms with Crippen molar-refractivity contribution >= 4 is 52.0 Å². The van der Waals surface area contributed by atoms with Crippen LogP contribution < -0.4 is 10.6 Å². The van der Waals surface area contributed by atoms with Gasteiger partial charge in [-0.1, -0.05) is 41.4 Å². The van der Waals surface area contributed by atoms with Crippen LogP contribution in [0.3, 0.4) is 0 Å². The Hall–Kier alpha value is -2.08. The van der Waals surface area contributed by atoms with Crippen LogP contribution in [0.1, 0.15) is 5.69 Å². The van der Waals surface area contributed by atoms with Crippen LogP contribution in [-0.2, 0) is 0 Å². The lowest BCUT2D eigenvalue weighted by molar-refractivity contribution is 1.05.